The van der Waals surface area contributed by atoms with Gasteiger partial charge in [-0.2, -0.15) is 5.26 Å². The molecule has 0 atom stereocenters. The summed E-state index contributed by atoms with van der Waals surface area (Å²) in [5, 5.41) is 8.69. The van der Waals surface area contributed by atoms with E-state index in [1.54, 1.807) is 31.2 Å². The van der Waals surface area contributed by atoms with Crippen LogP contribution in [0.25, 0.3) is 0 Å². The maximum atomic E-state index is 12.6. The van der Waals surface area contributed by atoms with E-state index >= 15 is 0 Å². The van der Waals surface area contributed by atoms with Crippen LogP contribution in [-0.4, -0.2) is 6.98 Å². The Labute approximate surface area is 169 Å². The van der Waals surface area contributed by atoms with E-state index in [0.717, 1.165) is 17.7 Å². The van der Waals surface area contributed by atoms with E-state index in [4.69, 9.17) is 10.00 Å². The van der Waals surface area contributed by atoms with E-state index in [0.29, 0.717) is 16.9 Å². The fourth-order valence-electron chi connectivity index (χ4n) is 1.87. The molecule has 2 rings (SSSR count). The molecule has 0 aromatic heterocycles. The molecule has 0 unspecified atom stereocenters. The van der Waals surface area contributed by atoms with Gasteiger partial charge in [0.1, 0.15) is 12.4 Å². The minimum atomic E-state index is -4.99. The standard InChI is InChI=1S/C15H12BF3NO.K/c1-11-8-14(16(17,18)19)6-7-15(11)21-10-13-4-2-12(9-20)3-5-13;/h2-8H,10H2,1H3;/q-1;+1. The summed E-state index contributed by atoms with van der Waals surface area (Å²) >= 11 is 0. The molecule has 0 saturated carbocycles. The quantitative estimate of drug-likeness (QED) is 0.766. The van der Waals surface area contributed by atoms with Gasteiger partial charge in [-0.3, -0.25) is 0 Å². The molecule has 0 aliphatic heterocycles. The second kappa shape index (κ2) is 8.18. The predicted molar refractivity (Wildman–Crippen MR) is 75.4 cm³/mol. The summed E-state index contributed by atoms with van der Waals surface area (Å²) in [5.41, 5.74) is 1.21. The first-order chi connectivity index (χ1) is 9.90. The molecule has 0 amide bonds. The maximum Gasteiger partial charge on any atom is 1.00 e. The molecule has 2 aromatic rings. The third-order valence-corrected chi connectivity index (χ3v) is 3.05. The molecule has 2 nitrogen and oxygen atoms in total. The molecule has 7 heteroatoms. The Morgan fingerprint density at radius 2 is 1.73 bits per heavy atom. The summed E-state index contributed by atoms with van der Waals surface area (Å²) in [4.78, 5) is 0. The van der Waals surface area contributed by atoms with E-state index < -0.39 is 12.4 Å². The molecule has 0 bridgehead atoms. The molecule has 0 N–H and O–H groups in total. The molecule has 22 heavy (non-hydrogen) atoms. The van der Waals surface area contributed by atoms with Crippen LogP contribution in [0.3, 0.4) is 0 Å². The number of nitrogens with zero attached hydrogens (tertiary/aromatic N) is 1. The number of aryl methyl sites for hydroxylation is 1. The second-order valence-corrected chi connectivity index (χ2v) is 4.70. The van der Waals surface area contributed by atoms with Crippen molar-refractivity contribution in [2.75, 3.05) is 0 Å². The van der Waals surface area contributed by atoms with Crippen molar-refractivity contribution in [2.24, 2.45) is 0 Å². The summed E-state index contributed by atoms with van der Waals surface area (Å²) in [6.07, 6.45) is 0. The van der Waals surface area contributed by atoms with Gasteiger partial charge in [-0.25, -0.2) is 0 Å². The van der Waals surface area contributed by atoms with Crippen LogP contribution in [0.15, 0.2) is 42.5 Å². The van der Waals surface area contributed by atoms with Gasteiger partial charge in [0.2, 0.25) is 0 Å². The van der Waals surface area contributed by atoms with Crippen LogP contribution in [0.1, 0.15) is 16.7 Å². The number of benzene rings is 2. The second-order valence-electron chi connectivity index (χ2n) is 4.70. The average molecular weight is 329 g/mol. The van der Waals surface area contributed by atoms with Gasteiger partial charge in [-0.05, 0) is 36.2 Å². The van der Waals surface area contributed by atoms with Gasteiger partial charge in [-0.1, -0.05) is 24.3 Å². The normalized spacial score (nSPS) is 10.5. The first-order valence-electron chi connectivity index (χ1n) is 6.32. The van der Waals surface area contributed by atoms with Crippen LogP contribution in [0.4, 0.5) is 12.9 Å². The summed E-state index contributed by atoms with van der Waals surface area (Å²) in [6, 6.07) is 12.3. The molecule has 0 aliphatic carbocycles. The fourth-order valence-corrected chi connectivity index (χ4v) is 1.87. The van der Waals surface area contributed by atoms with E-state index in [2.05, 4.69) is 0 Å². The fraction of sp³-hybridized carbons (Fsp3) is 0.133. The topological polar surface area (TPSA) is 33.0 Å². The van der Waals surface area contributed by atoms with E-state index in [1.165, 1.54) is 6.07 Å². The van der Waals surface area contributed by atoms with Crippen molar-refractivity contribution in [3.8, 4) is 11.8 Å². The van der Waals surface area contributed by atoms with Crippen molar-refractivity contribution in [1.82, 2.24) is 0 Å². The first-order valence-corrected chi connectivity index (χ1v) is 6.32. The molecule has 0 saturated heterocycles. The van der Waals surface area contributed by atoms with Crippen molar-refractivity contribution >= 4 is 12.4 Å². The Bertz CT molecular complexity index is 681. The van der Waals surface area contributed by atoms with E-state index in [9.17, 15) is 12.9 Å². The summed E-state index contributed by atoms with van der Waals surface area (Å²) in [6.45, 7) is -3.17. The Hall–Kier alpha value is -0.779. The Morgan fingerprint density at radius 1 is 1.09 bits per heavy atom. The monoisotopic (exact) mass is 329 g/mol. The van der Waals surface area contributed by atoms with Crippen LogP contribution in [0.5, 0.6) is 5.75 Å². The molecule has 108 valence electrons. The largest absolute Gasteiger partial charge is 1.00 e. The van der Waals surface area contributed by atoms with Gasteiger partial charge < -0.3 is 17.7 Å². The molecule has 0 aliphatic rings. The number of ether oxygens (including phenoxy) is 1. The molecular weight excluding hydrogens is 317 g/mol. The van der Waals surface area contributed by atoms with Crippen LogP contribution in [0.2, 0.25) is 0 Å². The Balaban J connectivity index is 0.00000242. The molecule has 0 radical (unpaired) electrons. The zero-order chi connectivity index (χ0) is 15.5. The van der Waals surface area contributed by atoms with Crippen LogP contribution >= 0.6 is 0 Å². The minimum Gasteiger partial charge on any atom is -0.489 e. The zero-order valence-corrected chi connectivity index (χ0v) is 15.4. The summed E-state index contributed by atoms with van der Waals surface area (Å²) in [5.74, 6) is 0.420. The maximum absolute atomic E-state index is 12.6. The molecular formula is C15H12BF3KNO. The van der Waals surface area contributed by atoms with Gasteiger partial charge in [0.25, 0.3) is 0 Å². The summed E-state index contributed by atoms with van der Waals surface area (Å²) < 4.78 is 43.4. The van der Waals surface area contributed by atoms with Crippen molar-refractivity contribution < 1.29 is 69.1 Å². The van der Waals surface area contributed by atoms with Crippen LogP contribution in [0, 0.1) is 18.3 Å². The number of halogens is 3. The van der Waals surface area contributed by atoms with E-state index in [1.807, 2.05) is 6.07 Å². The number of hydrogen-bond acceptors (Lipinski definition) is 2. The zero-order valence-electron chi connectivity index (χ0n) is 12.3. The van der Waals surface area contributed by atoms with Gasteiger partial charge in [0.05, 0.1) is 11.6 Å². The van der Waals surface area contributed by atoms with Crippen LogP contribution in [-0.2, 0) is 6.61 Å². The van der Waals surface area contributed by atoms with Crippen molar-refractivity contribution in [1.29, 1.82) is 5.26 Å². The third-order valence-electron chi connectivity index (χ3n) is 3.05. The third kappa shape index (κ3) is 5.14. The minimum absolute atomic E-state index is 0. The van der Waals surface area contributed by atoms with Crippen molar-refractivity contribution in [2.45, 2.75) is 13.5 Å². The molecule has 0 spiro atoms. The smallest absolute Gasteiger partial charge is 0.489 e. The molecule has 2 aromatic carbocycles. The van der Waals surface area contributed by atoms with Crippen molar-refractivity contribution in [3.63, 3.8) is 0 Å². The van der Waals surface area contributed by atoms with Gasteiger partial charge >= 0.3 is 58.4 Å². The Kier molecular flexibility index (Phi) is 7.16. The molecule has 0 heterocycles. The average Bonchev–Trinajstić information content (AvgIpc) is 2.45. The van der Waals surface area contributed by atoms with Crippen LogP contribution < -0.4 is 61.6 Å². The number of rotatable bonds is 4. The van der Waals surface area contributed by atoms with E-state index in [-0.39, 0.29) is 58.0 Å². The number of hydrogen-bond donors (Lipinski definition) is 0. The first kappa shape index (κ1) is 19.3. The Morgan fingerprint density at radius 3 is 2.23 bits per heavy atom. The number of nitriles is 1. The SMILES string of the molecule is Cc1cc([B-](F)(F)F)ccc1OCc1ccc(C#N)cc1.[K+]. The predicted octanol–water partition coefficient (Wildman–Crippen LogP) is 0.504. The molecule has 0 fully saturated rings. The van der Waals surface area contributed by atoms with Gasteiger partial charge in [0.15, 0.2) is 0 Å². The summed E-state index contributed by atoms with van der Waals surface area (Å²) in [7, 11) is 0. The van der Waals surface area contributed by atoms with Gasteiger partial charge in [-0.15, -0.1) is 5.46 Å². The van der Waals surface area contributed by atoms with Crippen molar-refractivity contribution in [3.05, 3.63) is 59.2 Å². The van der Waals surface area contributed by atoms with Gasteiger partial charge in [0, 0.05) is 0 Å².